The summed E-state index contributed by atoms with van der Waals surface area (Å²) in [6.07, 6.45) is -2.12. The summed E-state index contributed by atoms with van der Waals surface area (Å²) in [4.78, 5) is 58.0. The molecule has 0 saturated heterocycles. The number of hydrogen-bond acceptors (Lipinski definition) is 15. The van der Waals surface area contributed by atoms with Crippen LogP contribution in [0.4, 0.5) is 0 Å². The van der Waals surface area contributed by atoms with Crippen molar-refractivity contribution in [3.8, 4) is 0 Å². The van der Waals surface area contributed by atoms with E-state index >= 15 is 0 Å². The second-order valence-corrected chi connectivity index (χ2v) is 4.50. The van der Waals surface area contributed by atoms with Crippen LogP contribution in [0.3, 0.4) is 0 Å². The van der Waals surface area contributed by atoms with Gasteiger partial charge in [-0.25, -0.2) is 0 Å². The van der Waals surface area contributed by atoms with E-state index in [1.807, 2.05) is 0 Å². The maximum Gasteiger partial charge on any atom is 2.00 e. The van der Waals surface area contributed by atoms with Gasteiger partial charge in [0.25, 0.3) is 0 Å². The second kappa shape index (κ2) is 23.5. The predicted octanol–water partition coefficient (Wildman–Crippen LogP) is -11.4. The minimum Gasteiger partial charge on any atom is -0.550 e. The standard InChI is InChI=1S/3C4H7NO4.3Fe/c3*5-2(4(8)9)1-3(6)7;;;/h3*2H,1,5H2,(H,6,7)(H,8,9);;;/q;;;3*+2/p-6/t3*2-;;;/m000.../s1. The fourth-order valence-corrected chi connectivity index (χ4v) is 0.789. The average molecular weight is 561 g/mol. The van der Waals surface area contributed by atoms with E-state index in [4.69, 9.17) is 17.2 Å². The monoisotopic (exact) mass is 561 g/mol. The van der Waals surface area contributed by atoms with E-state index in [-0.39, 0.29) is 51.2 Å². The summed E-state index contributed by atoms with van der Waals surface area (Å²) < 4.78 is 0. The van der Waals surface area contributed by atoms with E-state index in [9.17, 15) is 59.4 Å². The van der Waals surface area contributed by atoms with Crippen molar-refractivity contribution in [2.24, 2.45) is 17.2 Å². The van der Waals surface area contributed by atoms with E-state index in [2.05, 4.69) is 0 Å². The summed E-state index contributed by atoms with van der Waals surface area (Å²) in [5.74, 6) is -9.23. The Hall–Kier alpha value is -1.74. The van der Waals surface area contributed by atoms with Gasteiger partial charge in [0.15, 0.2) is 0 Å². The van der Waals surface area contributed by atoms with Crippen molar-refractivity contribution in [1.29, 1.82) is 0 Å². The van der Waals surface area contributed by atoms with Crippen molar-refractivity contribution < 1.29 is 111 Å². The fraction of sp³-hybridized carbons (Fsp3) is 0.500. The Morgan fingerprint density at radius 3 is 0.633 bits per heavy atom. The smallest absolute Gasteiger partial charge is 0.550 e. The molecule has 0 aromatic carbocycles. The molecule has 0 fully saturated rings. The Morgan fingerprint density at radius 2 is 0.600 bits per heavy atom. The number of rotatable bonds is 9. The first-order chi connectivity index (χ1) is 12.1. The predicted molar refractivity (Wildman–Crippen MR) is 67.8 cm³/mol. The van der Waals surface area contributed by atoms with Crippen molar-refractivity contribution in [2.75, 3.05) is 0 Å². The third-order valence-corrected chi connectivity index (χ3v) is 2.07. The third-order valence-electron chi connectivity index (χ3n) is 2.07. The summed E-state index contributed by atoms with van der Waals surface area (Å²) in [6, 6.07) is -4.39. The van der Waals surface area contributed by atoms with Crippen molar-refractivity contribution in [3.63, 3.8) is 0 Å². The minimum absolute atomic E-state index is 0. The van der Waals surface area contributed by atoms with Gasteiger partial charge in [0.1, 0.15) is 0 Å². The molecule has 30 heavy (non-hydrogen) atoms. The van der Waals surface area contributed by atoms with E-state index in [1.54, 1.807) is 0 Å². The van der Waals surface area contributed by atoms with Gasteiger partial charge in [-0.1, -0.05) is 0 Å². The number of carboxylic acid groups (broad SMARTS) is 6. The number of hydrogen-bond donors (Lipinski definition) is 3. The number of aliphatic carboxylic acids is 6. The Bertz CT molecular complexity index is 488. The second-order valence-electron chi connectivity index (χ2n) is 4.50. The Balaban J connectivity index is -0.0000000686. The maximum atomic E-state index is 9.71. The molecule has 6 N–H and O–H groups in total. The van der Waals surface area contributed by atoms with Crippen LogP contribution in [0.1, 0.15) is 19.3 Å². The van der Waals surface area contributed by atoms with E-state index < -0.39 is 73.2 Å². The number of carboxylic acids is 6. The zero-order chi connectivity index (χ0) is 22.3. The Kier molecular flexibility index (Phi) is 33.2. The number of nitrogens with two attached hydrogens (primary N) is 3. The molecule has 0 aliphatic heterocycles. The van der Waals surface area contributed by atoms with Crippen molar-refractivity contribution in [3.05, 3.63) is 0 Å². The van der Waals surface area contributed by atoms with Gasteiger partial charge < -0.3 is 76.6 Å². The molecule has 15 nitrogen and oxygen atoms in total. The van der Waals surface area contributed by atoms with E-state index in [0.29, 0.717) is 0 Å². The van der Waals surface area contributed by atoms with Crippen LogP contribution >= 0.6 is 0 Å². The molecule has 0 aromatic rings. The van der Waals surface area contributed by atoms with Gasteiger partial charge in [-0.2, -0.15) is 0 Å². The molecule has 0 aromatic heterocycles. The Labute approximate surface area is 200 Å². The molecule has 18 heteroatoms. The van der Waals surface area contributed by atoms with Crippen LogP contribution in [0.2, 0.25) is 0 Å². The van der Waals surface area contributed by atoms with Gasteiger partial charge in [-0.05, 0) is 0 Å². The first kappa shape index (κ1) is 42.4. The molecule has 0 aliphatic rings. The molecule has 0 unspecified atom stereocenters. The topological polar surface area (TPSA) is 319 Å². The quantitative estimate of drug-likeness (QED) is 0.220. The van der Waals surface area contributed by atoms with Crippen LogP contribution in [-0.2, 0) is 80.0 Å². The maximum absolute atomic E-state index is 9.71. The average Bonchev–Trinajstić information content (AvgIpc) is 2.46. The molecule has 0 spiro atoms. The van der Waals surface area contributed by atoms with Gasteiger partial charge >= 0.3 is 51.2 Å². The molecule has 0 rings (SSSR count). The summed E-state index contributed by atoms with van der Waals surface area (Å²) in [5, 5.41) is 58.0. The molecule has 0 amide bonds. The molecule has 0 radical (unpaired) electrons. The molecule has 0 saturated carbocycles. The summed E-state index contributed by atoms with van der Waals surface area (Å²) >= 11 is 0. The molecule has 0 bridgehead atoms. The van der Waals surface area contributed by atoms with E-state index in [1.165, 1.54) is 0 Å². The fourth-order valence-electron chi connectivity index (χ4n) is 0.789. The summed E-state index contributed by atoms with van der Waals surface area (Å²) in [5.41, 5.74) is 14.2. The van der Waals surface area contributed by atoms with Crippen LogP contribution < -0.4 is 47.8 Å². The van der Waals surface area contributed by atoms with Gasteiger partial charge in [-0.15, -0.1) is 0 Å². The zero-order valence-electron chi connectivity index (χ0n) is 14.5. The Morgan fingerprint density at radius 1 is 0.467 bits per heavy atom. The molecular weight excluding hydrogens is 546 g/mol. The number of carbonyl (C=O) groups is 6. The molecule has 174 valence electrons. The van der Waals surface area contributed by atoms with Crippen LogP contribution in [0.25, 0.3) is 0 Å². The normalized spacial score (nSPS) is 11.3. The molecule has 0 heterocycles. The SMILES string of the molecule is N[C@@H](CC(=O)[O-])C(=O)[O-].N[C@@H](CC(=O)[O-])C(=O)[O-].N[C@@H](CC(=O)[O-])C(=O)[O-].[Fe+2].[Fe+2].[Fe+2]. The summed E-state index contributed by atoms with van der Waals surface area (Å²) in [7, 11) is 0. The first-order valence-electron chi connectivity index (χ1n) is 6.60. The van der Waals surface area contributed by atoms with Crippen LogP contribution in [0.5, 0.6) is 0 Å². The van der Waals surface area contributed by atoms with Gasteiger partial charge in [0.2, 0.25) is 0 Å². The minimum atomic E-state index is -1.58. The van der Waals surface area contributed by atoms with Gasteiger partial charge in [0, 0.05) is 55.3 Å². The number of carbonyl (C=O) groups excluding carboxylic acids is 6. The van der Waals surface area contributed by atoms with Crippen molar-refractivity contribution >= 4 is 35.8 Å². The molecule has 0 aliphatic carbocycles. The van der Waals surface area contributed by atoms with Gasteiger partial charge in [-0.3, -0.25) is 0 Å². The molecule has 3 atom stereocenters. The third kappa shape index (κ3) is 33.8. The van der Waals surface area contributed by atoms with Crippen LogP contribution in [0.15, 0.2) is 0 Å². The van der Waals surface area contributed by atoms with Gasteiger partial charge in [0.05, 0.1) is 17.9 Å². The van der Waals surface area contributed by atoms with Crippen LogP contribution in [0, 0.1) is 0 Å². The van der Waals surface area contributed by atoms with E-state index in [0.717, 1.165) is 0 Å². The zero-order valence-corrected chi connectivity index (χ0v) is 17.9. The van der Waals surface area contributed by atoms with Crippen molar-refractivity contribution in [2.45, 2.75) is 37.4 Å². The largest absolute Gasteiger partial charge is 2.00 e. The first-order valence-corrected chi connectivity index (χ1v) is 6.60. The molecular formula is C12H15Fe3N3O12. The van der Waals surface area contributed by atoms with Crippen molar-refractivity contribution in [1.82, 2.24) is 0 Å². The van der Waals surface area contributed by atoms with Crippen LogP contribution in [-0.4, -0.2) is 53.9 Å². The summed E-state index contributed by atoms with van der Waals surface area (Å²) in [6.45, 7) is 0.